The fourth-order valence-corrected chi connectivity index (χ4v) is 3.44. The highest BCUT2D eigenvalue weighted by Gasteiger charge is 2.25. The summed E-state index contributed by atoms with van der Waals surface area (Å²) in [7, 11) is 0. The number of amides is 1. The molecule has 0 aromatic carbocycles. The van der Waals surface area contributed by atoms with E-state index < -0.39 is 0 Å². The van der Waals surface area contributed by atoms with Gasteiger partial charge in [-0.25, -0.2) is 4.98 Å². The third-order valence-corrected chi connectivity index (χ3v) is 4.69. The van der Waals surface area contributed by atoms with Crippen LogP contribution in [0.3, 0.4) is 0 Å². The Morgan fingerprint density at radius 1 is 1.50 bits per heavy atom. The number of hydrogen-bond donors (Lipinski definition) is 1. The van der Waals surface area contributed by atoms with Crippen LogP contribution >= 0.6 is 11.3 Å². The van der Waals surface area contributed by atoms with Gasteiger partial charge in [-0.05, 0) is 13.3 Å². The molecule has 0 fully saturated rings. The lowest BCUT2D eigenvalue weighted by Crippen LogP contribution is -2.42. The zero-order valence-corrected chi connectivity index (χ0v) is 14.0. The summed E-state index contributed by atoms with van der Waals surface area (Å²) in [5.41, 5.74) is 0.851. The summed E-state index contributed by atoms with van der Waals surface area (Å²) in [5.74, 6) is 2.42. The summed E-state index contributed by atoms with van der Waals surface area (Å²) in [4.78, 5) is 16.5. The molecule has 1 aliphatic heterocycles. The number of hydrogen-bond acceptors (Lipinski definition) is 5. The highest BCUT2D eigenvalue weighted by Crippen LogP contribution is 2.20. The van der Waals surface area contributed by atoms with Gasteiger partial charge in [-0.15, -0.1) is 21.5 Å². The Morgan fingerprint density at radius 2 is 2.32 bits per heavy atom. The van der Waals surface area contributed by atoms with Crippen molar-refractivity contribution < 1.29 is 4.79 Å². The van der Waals surface area contributed by atoms with Crippen molar-refractivity contribution in [2.75, 3.05) is 0 Å². The van der Waals surface area contributed by atoms with Crippen molar-refractivity contribution in [2.24, 2.45) is 0 Å². The molecule has 22 heavy (non-hydrogen) atoms. The van der Waals surface area contributed by atoms with E-state index in [1.807, 2.05) is 12.3 Å². The van der Waals surface area contributed by atoms with Crippen LogP contribution in [-0.4, -0.2) is 31.7 Å². The molecule has 0 bridgehead atoms. The highest BCUT2D eigenvalue weighted by molar-refractivity contribution is 7.09. The number of aryl methyl sites for hydroxylation is 2. The molecular weight excluding hydrogens is 298 g/mol. The Kier molecular flexibility index (Phi) is 4.24. The van der Waals surface area contributed by atoms with Gasteiger partial charge >= 0.3 is 0 Å². The Hall–Kier alpha value is -1.76. The lowest BCUT2D eigenvalue weighted by molar-refractivity contribution is -0.121. The second kappa shape index (κ2) is 6.16. The first-order chi connectivity index (χ1) is 10.5. The van der Waals surface area contributed by atoms with Crippen molar-refractivity contribution in [1.82, 2.24) is 25.1 Å². The maximum atomic E-state index is 12.2. The molecule has 2 aromatic heterocycles. The molecule has 1 aliphatic rings. The number of nitrogens with one attached hydrogen (secondary N) is 1. The Bertz CT molecular complexity index is 675. The van der Waals surface area contributed by atoms with Crippen LogP contribution in [0.15, 0.2) is 5.38 Å². The van der Waals surface area contributed by atoms with Crippen LogP contribution in [0.5, 0.6) is 0 Å². The van der Waals surface area contributed by atoms with E-state index in [4.69, 9.17) is 0 Å². The fourth-order valence-electron chi connectivity index (χ4n) is 2.83. The molecule has 1 atom stereocenters. The van der Waals surface area contributed by atoms with Crippen LogP contribution < -0.4 is 5.32 Å². The summed E-state index contributed by atoms with van der Waals surface area (Å²) in [6, 6.07) is 0.147. The van der Waals surface area contributed by atoms with Gasteiger partial charge in [0.25, 0.3) is 0 Å². The SMILES string of the molecule is Cc1nc(CC(=O)NC2CCc3nnc(C(C)C)n3C2)cs1. The van der Waals surface area contributed by atoms with Crippen LogP contribution in [0.2, 0.25) is 0 Å². The summed E-state index contributed by atoms with van der Waals surface area (Å²) >= 11 is 1.58. The summed E-state index contributed by atoms with van der Waals surface area (Å²) < 4.78 is 2.16. The first kappa shape index (κ1) is 15.1. The number of carbonyl (C=O) groups is 1. The monoisotopic (exact) mass is 319 g/mol. The van der Waals surface area contributed by atoms with Crippen LogP contribution in [0.4, 0.5) is 0 Å². The predicted molar refractivity (Wildman–Crippen MR) is 84.9 cm³/mol. The third kappa shape index (κ3) is 3.19. The van der Waals surface area contributed by atoms with E-state index in [2.05, 4.69) is 38.9 Å². The minimum absolute atomic E-state index is 0.0397. The smallest absolute Gasteiger partial charge is 0.226 e. The van der Waals surface area contributed by atoms with Crippen molar-refractivity contribution >= 4 is 17.2 Å². The average Bonchev–Trinajstić information content (AvgIpc) is 3.04. The van der Waals surface area contributed by atoms with E-state index in [9.17, 15) is 4.79 Å². The maximum Gasteiger partial charge on any atom is 0.226 e. The molecule has 0 aliphatic carbocycles. The normalized spacial score (nSPS) is 17.5. The molecule has 6 nitrogen and oxygen atoms in total. The van der Waals surface area contributed by atoms with E-state index in [-0.39, 0.29) is 11.9 Å². The summed E-state index contributed by atoms with van der Waals surface area (Å²) in [6.45, 7) is 6.94. The first-order valence-corrected chi connectivity index (χ1v) is 8.53. The zero-order valence-electron chi connectivity index (χ0n) is 13.2. The van der Waals surface area contributed by atoms with Crippen molar-refractivity contribution in [3.63, 3.8) is 0 Å². The highest BCUT2D eigenvalue weighted by atomic mass is 32.1. The lowest BCUT2D eigenvalue weighted by Gasteiger charge is -2.25. The first-order valence-electron chi connectivity index (χ1n) is 7.65. The Balaban J connectivity index is 1.62. The van der Waals surface area contributed by atoms with Gasteiger partial charge in [0.15, 0.2) is 0 Å². The molecule has 118 valence electrons. The average molecular weight is 319 g/mol. The molecule has 3 rings (SSSR count). The lowest BCUT2D eigenvalue weighted by atomic mass is 10.1. The van der Waals surface area contributed by atoms with Gasteiger partial charge in [0.2, 0.25) is 5.91 Å². The van der Waals surface area contributed by atoms with Crippen molar-refractivity contribution in [3.8, 4) is 0 Å². The Morgan fingerprint density at radius 3 is 3.00 bits per heavy atom. The molecule has 0 saturated carbocycles. The van der Waals surface area contributed by atoms with Gasteiger partial charge in [-0.2, -0.15) is 0 Å². The topological polar surface area (TPSA) is 72.7 Å². The molecule has 2 aromatic rings. The number of aromatic nitrogens is 4. The molecule has 1 amide bonds. The van der Waals surface area contributed by atoms with Gasteiger partial charge in [-0.3, -0.25) is 4.79 Å². The van der Waals surface area contributed by atoms with Gasteiger partial charge < -0.3 is 9.88 Å². The Labute approximate surface area is 134 Å². The molecular formula is C15H21N5OS. The van der Waals surface area contributed by atoms with Gasteiger partial charge in [0, 0.05) is 30.3 Å². The van der Waals surface area contributed by atoms with Gasteiger partial charge in [-0.1, -0.05) is 13.8 Å². The quantitative estimate of drug-likeness (QED) is 0.933. The van der Waals surface area contributed by atoms with Crippen LogP contribution in [0.1, 0.15) is 48.5 Å². The molecule has 3 heterocycles. The molecule has 0 saturated heterocycles. The predicted octanol–water partition coefficient (Wildman–Crippen LogP) is 1.84. The van der Waals surface area contributed by atoms with E-state index in [1.165, 1.54) is 0 Å². The van der Waals surface area contributed by atoms with E-state index >= 15 is 0 Å². The standard InChI is InChI=1S/C15H21N5OS/c1-9(2)15-19-18-13-5-4-11(7-20(13)15)17-14(21)6-12-8-22-10(3)16-12/h8-9,11H,4-7H2,1-3H3,(H,17,21). The number of carbonyl (C=O) groups excluding carboxylic acids is 1. The van der Waals surface area contributed by atoms with E-state index in [0.29, 0.717) is 12.3 Å². The fraction of sp³-hybridized carbons (Fsp3) is 0.600. The van der Waals surface area contributed by atoms with Crippen molar-refractivity contribution in [3.05, 3.63) is 27.7 Å². The second-order valence-electron chi connectivity index (χ2n) is 6.08. The second-order valence-corrected chi connectivity index (χ2v) is 7.14. The molecule has 1 N–H and O–H groups in total. The molecule has 0 radical (unpaired) electrons. The number of nitrogens with zero attached hydrogens (tertiary/aromatic N) is 4. The number of rotatable bonds is 4. The number of fused-ring (bicyclic) bond motifs is 1. The summed E-state index contributed by atoms with van der Waals surface area (Å²) in [6.07, 6.45) is 2.13. The van der Waals surface area contributed by atoms with Crippen LogP contribution in [-0.2, 0) is 24.2 Å². The zero-order chi connectivity index (χ0) is 15.7. The molecule has 1 unspecified atom stereocenters. The van der Waals surface area contributed by atoms with E-state index in [1.54, 1.807) is 11.3 Å². The van der Waals surface area contributed by atoms with Crippen molar-refractivity contribution in [1.29, 1.82) is 0 Å². The van der Waals surface area contributed by atoms with Gasteiger partial charge in [0.1, 0.15) is 11.6 Å². The minimum Gasteiger partial charge on any atom is -0.351 e. The van der Waals surface area contributed by atoms with E-state index in [0.717, 1.165) is 41.7 Å². The van der Waals surface area contributed by atoms with Crippen molar-refractivity contribution in [2.45, 2.75) is 58.5 Å². The third-order valence-electron chi connectivity index (χ3n) is 3.87. The summed E-state index contributed by atoms with van der Waals surface area (Å²) in [5, 5.41) is 14.6. The maximum absolute atomic E-state index is 12.2. The van der Waals surface area contributed by atoms with Crippen LogP contribution in [0, 0.1) is 6.92 Å². The largest absolute Gasteiger partial charge is 0.351 e. The van der Waals surface area contributed by atoms with Crippen LogP contribution in [0.25, 0.3) is 0 Å². The molecule has 0 spiro atoms. The van der Waals surface area contributed by atoms with Gasteiger partial charge in [0.05, 0.1) is 17.1 Å². The minimum atomic E-state index is 0.0397. The molecule has 7 heteroatoms. The number of thiazole rings is 1.